The zero-order valence-corrected chi connectivity index (χ0v) is 14.8. The van der Waals surface area contributed by atoms with E-state index in [1.54, 1.807) is 14.1 Å². The number of carbonyl (C=O) groups is 3. The average Bonchev–Trinajstić information content (AvgIpc) is 2.61. The van der Waals surface area contributed by atoms with Gasteiger partial charge in [-0.25, -0.2) is 0 Å². The van der Waals surface area contributed by atoms with Crippen LogP contribution in [0.25, 0.3) is 0 Å². The first-order chi connectivity index (χ1) is 11.9. The summed E-state index contributed by atoms with van der Waals surface area (Å²) in [5.41, 5.74) is 0.984. The Balaban J connectivity index is 2.00. The molecule has 0 spiro atoms. The fourth-order valence-electron chi connectivity index (χ4n) is 3.25. The van der Waals surface area contributed by atoms with Crippen LogP contribution in [0.4, 0.5) is 0 Å². The van der Waals surface area contributed by atoms with Crippen molar-refractivity contribution in [1.82, 2.24) is 10.2 Å². The molecule has 1 fully saturated rings. The largest absolute Gasteiger partial charge is 0.481 e. The maximum absolute atomic E-state index is 12.6. The highest BCUT2D eigenvalue weighted by molar-refractivity contribution is 5.88. The van der Waals surface area contributed by atoms with Crippen LogP contribution >= 0.6 is 0 Å². The van der Waals surface area contributed by atoms with E-state index in [4.69, 9.17) is 5.11 Å². The molecule has 0 aromatic heterocycles. The van der Waals surface area contributed by atoms with Crippen LogP contribution in [-0.2, 0) is 20.8 Å². The number of carboxylic acids is 1. The quantitative estimate of drug-likeness (QED) is 0.821. The number of nitrogens with one attached hydrogen (secondary N) is 1. The zero-order chi connectivity index (χ0) is 18.4. The Morgan fingerprint density at radius 2 is 1.64 bits per heavy atom. The normalized spacial score (nSPS) is 21.2. The van der Waals surface area contributed by atoms with E-state index < -0.39 is 12.0 Å². The van der Waals surface area contributed by atoms with Crippen molar-refractivity contribution in [2.24, 2.45) is 11.8 Å². The summed E-state index contributed by atoms with van der Waals surface area (Å²) in [6, 6.07) is 8.97. The van der Waals surface area contributed by atoms with Gasteiger partial charge in [-0.15, -0.1) is 0 Å². The van der Waals surface area contributed by atoms with E-state index in [2.05, 4.69) is 5.32 Å². The van der Waals surface area contributed by atoms with E-state index >= 15 is 0 Å². The Bertz CT molecular complexity index is 607. The van der Waals surface area contributed by atoms with Crippen LogP contribution in [0.15, 0.2) is 30.3 Å². The molecular formula is C19H26N2O4. The highest BCUT2D eigenvalue weighted by Crippen LogP contribution is 2.29. The van der Waals surface area contributed by atoms with Crippen LogP contribution < -0.4 is 5.32 Å². The molecule has 0 heterocycles. The first-order valence-electron chi connectivity index (χ1n) is 8.66. The average molecular weight is 346 g/mol. The van der Waals surface area contributed by atoms with Gasteiger partial charge < -0.3 is 15.3 Å². The van der Waals surface area contributed by atoms with Crippen molar-refractivity contribution in [2.75, 3.05) is 14.1 Å². The summed E-state index contributed by atoms with van der Waals surface area (Å²) in [6.07, 6.45) is 2.57. The van der Waals surface area contributed by atoms with Crippen LogP contribution in [-0.4, -0.2) is 47.9 Å². The summed E-state index contributed by atoms with van der Waals surface area (Å²) < 4.78 is 0. The molecule has 1 aromatic carbocycles. The monoisotopic (exact) mass is 346 g/mol. The molecule has 1 aromatic rings. The van der Waals surface area contributed by atoms with Gasteiger partial charge in [-0.2, -0.15) is 0 Å². The van der Waals surface area contributed by atoms with Crippen LogP contribution in [0.3, 0.4) is 0 Å². The molecule has 0 aliphatic heterocycles. The van der Waals surface area contributed by atoms with Gasteiger partial charge in [0, 0.05) is 26.4 Å². The molecule has 6 nitrogen and oxygen atoms in total. The lowest BCUT2D eigenvalue weighted by Gasteiger charge is -2.28. The molecule has 2 rings (SSSR count). The lowest BCUT2D eigenvalue weighted by atomic mass is 9.81. The zero-order valence-electron chi connectivity index (χ0n) is 14.8. The van der Waals surface area contributed by atoms with Gasteiger partial charge in [-0.3, -0.25) is 14.4 Å². The van der Waals surface area contributed by atoms with Crippen molar-refractivity contribution in [3.05, 3.63) is 35.9 Å². The lowest BCUT2D eigenvalue weighted by molar-refractivity contribution is -0.144. The minimum absolute atomic E-state index is 0.142. The van der Waals surface area contributed by atoms with Crippen LogP contribution in [0.2, 0.25) is 0 Å². The highest BCUT2D eigenvalue weighted by atomic mass is 16.4. The molecule has 1 atom stereocenters. The van der Waals surface area contributed by atoms with Crippen LogP contribution in [0, 0.1) is 11.8 Å². The minimum atomic E-state index is -0.788. The first kappa shape index (κ1) is 19.0. The molecule has 6 heteroatoms. The lowest BCUT2D eigenvalue weighted by Crippen LogP contribution is -2.49. The second-order valence-corrected chi connectivity index (χ2v) is 6.87. The molecule has 2 N–H and O–H groups in total. The standard InChI is InChI=1S/C19H26N2O4/c1-21(2)18(23)16(12-13-6-4-3-5-7-13)20-17(22)14-8-10-15(11-9-14)19(24)25/h3-7,14-16H,8-12H2,1-2H3,(H,20,22)(H,24,25). The summed E-state index contributed by atoms with van der Waals surface area (Å²) in [5, 5.41) is 11.9. The third-order valence-electron chi connectivity index (χ3n) is 4.79. The molecule has 0 saturated heterocycles. The van der Waals surface area contributed by atoms with Crippen LogP contribution in [0.5, 0.6) is 0 Å². The Morgan fingerprint density at radius 1 is 1.08 bits per heavy atom. The van der Waals surface area contributed by atoms with Gasteiger partial charge in [0.1, 0.15) is 6.04 Å². The van der Waals surface area contributed by atoms with Crippen molar-refractivity contribution in [1.29, 1.82) is 0 Å². The fourth-order valence-corrected chi connectivity index (χ4v) is 3.25. The fraction of sp³-hybridized carbons (Fsp3) is 0.526. The predicted octanol–water partition coefficient (Wildman–Crippen LogP) is 1.69. The number of nitrogens with zero attached hydrogens (tertiary/aromatic N) is 1. The van der Waals surface area contributed by atoms with Gasteiger partial charge in [0.2, 0.25) is 11.8 Å². The SMILES string of the molecule is CN(C)C(=O)C(Cc1ccccc1)NC(=O)C1CCC(C(=O)O)CC1. The Hall–Kier alpha value is -2.37. The van der Waals surface area contributed by atoms with E-state index in [0.29, 0.717) is 32.1 Å². The first-order valence-corrected chi connectivity index (χ1v) is 8.66. The number of likely N-dealkylation sites (N-methyl/N-ethyl adjacent to an activating group) is 1. The van der Waals surface area contributed by atoms with Gasteiger partial charge in [0.05, 0.1) is 5.92 Å². The molecule has 0 radical (unpaired) electrons. The molecule has 0 bridgehead atoms. The molecule has 136 valence electrons. The van der Waals surface area contributed by atoms with Crippen molar-refractivity contribution >= 4 is 17.8 Å². The summed E-state index contributed by atoms with van der Waals surface area (Å²) in [6.45, 7) is 0. The number of hydrogen-bond donors (Lipinski definition) is 2. The molecule has 1 aliphatic carbocycles. The number of amides is 2. The highest BCUT2D eigenvalue weighted by Gasteiger charge is 2.32. The Kier molecular flexibility index (Phi) is 6.56. The van der Waals surface area contributed by atoms with E-state index in [9.17, 15) is 14.4 Å². The molecular weight excluding hydrogens is 320 g/mol. The van der Waals surface area contributed by atoms with Crippen molar-refractivity contribution in [3.8, 4) is 0 Å². The Labute approximate surface area is 148 Å². The number of hydrogen-bond acceptors (Lipinski definition) is 3. The van der Waals surface area contributed by atoms with Gasteiger partial charge in [0.15, 0.2) is 0 Å². The third-order valence-corrected chi connectivity index (χ3v) is 4.79. The molecule has 1 unspecified atom stereocenters. The van der Waals surface area contributed by atoms with E-state index in [1.807, 2.05) is 30.3 Å². The number of rotatable bonds is 6. The summed E-state index contributed by atoms with van der Waals surface area (Å²) in [7, 11) is 3.34. The van der Waals surface area contributed by atoms with E-state index in [1.165, 1.54) is 4.90 Å². The molecule has 1 saturated carbocycles. The van der Waals surface area contributed by atoms with Gasteiger partial charge in [-0.05, 0) is 31.2 Å². The number of aliphatic carboxylic acids is 1. The number of benzene rings is 1. The van der Waals surface area contributed by atoms with E-state index in [-0.39, 0.29) is 23.7 Å². The third kappa shape index (κ3) is 5.31. The maximum Gasteiger partial charge on any atom is 0.306 e. The van der Waals surface area contributed by atoms with Gasteiger partial charge in [0.25, 0.3) is 0 Å². The molecule has 1 aliphatic rings. The summed E-state index contributed by atoms with van der Waals surface area (Å²) in [5.74, 6) is -1.66. The van der Waals surface area contributed by atoms with Crippen molar-refractivity contribution in [3.63, 3.8) is 0 Å². The van der Waals surface area contributed by atoms with Gasteiger partial charge in [-0.1, -0.05) is 30.3 Å². The summed E-state index contributed by atoms with van der Waals surface area (Å²) in [4.78, 5) is 37.5. The van der Waals surface area contributed by atoms with Crippen molar-refractivity contribution < 1.29 is 19.5 Å². The molecule has 25 heavy (non-hydrogen) atoms. The van der Waals surface area contributed by atoms with Crippen LogP contribution in [0.1, 0.15) is 31.2 Å². The second-order valence-electron chi connectivity index (χ2n) is 6.87. The number of carbonyl (C=O) groups excluding carboxylic acids is 2. The minimum Gasteiger partial charge on any atom is -0.481 e. The maximum atomic E-state index is 12.6. The number of carboxylic acid groups (broad SMARTS) is 1. The molecule has 2 amide bonds. The second kappa shape index (κ2) is 8.65. The predicted molar refractivity (Wildman–Crippen MR) is 93.9 cm³/mol. The Morgan fingerprint density at radius 3 is 2.16 bits per heavy atom. The smallest absolute Gasteiger partial charge is 0.306 e. The topological polar surface area (TPSA) is 86.7 Å². The summed E-state index contributed by atoms with van der Waals surface area (Å²) >= 11 is 0. The van der Waals surface area contributed by atoms with Crippen molar-refractivity contribution in [2.45, 2.75) is 38.1 Å². The van der Waals surface area contributed by atoms with E-state index in [0.717, 1.165) is 5.56 Å². The van der Waals surface area contributed by atoms with Gasteiger partial charge >= 0.3 is 5.97 Å².